The molecule has 3 aromatic rings. The van der Waals surface area contributed by atoms with Gasteiger partial charge in [-0.25, -0.2) is 9.97 Å². The number of carbonyl (C=O) groups is 2. The molecule has 2 N–H and O–H groups in total. The fourth-order valence-electron chi connectivity index (χ4n) is 2.34. The minimum atomic E-state index is -0.347. The highest BCUT2D eigenvalue weighted by atomic mass is 35.5. The summed E-state index contributed by atoms with van der Waals surface area (Å²) in [6, 6.07) is 14.2. The minimum Gasteiger partial charge on any atom is -0.350 e. The van der Waals surface area contributed by atoms with Crippen molar-refractivity contribution in [2.24, 2.45) is 0 Å². The molecule has 0 aliphatic rings. The summed E-state index contributed by atoms with van der Waals surface area (Å²) in [6.45, 7) is 2.02. The molecule has 3 rings (SSSR count). The quantitative estimate of drug-likeness (QED) is 0.626. The molecule has 0 saturated carbocycles. The van der Waals surface area contributed by atoms with E-state index in [0.717, 1.165) is 5.56 Å². The Kier molecular flexibility index (Phi) is 5.78. The lowest BCUT2D eigenvalue weighted by molar-refractivity contribution is 0.101. The molecule has 6 nitrogen and oxygen atoms in total. The molecule has 1 heterocycles. The summed E-state index contributed by atoms with van der Waals surface area (Å²) >= 11 is 5.86. The number of aromatic nitrogens is 2. The highest BCUT2D eigenvalue weighted by molar-refractivity contribution is 6.30. The van der Waals surface area contributed by atoms with E-state index in [9.17, 15) is 9.59 Å². The van der Waals surface area contributed by atoms with Crippen LogP contribution in [0, 0.1) is 0 Å². The second-order valence-corrected chi connectivity index (χ2v) is 6.30. The first kappa shape index (κ1) is 18.5. The summed E-state index contributed by atoms with van der Waals surface area (Å²) in [6.07, 6.45) is 2.89. The van der Waals surface area contributed by atoms with Gasteiger partial charge in [-0.1, -0.05) is 35.9 Å². The first-order valence-corrected chi connectivity index (χ1v) is 8.62. The molecule has 0 bridgehead atoms. The first-order valence-electron chi connectivity index (χ1n) is 8.24. The summed E-state index contributed by atoms with van der Waals surface area (Å²) in [5, 5.41) is 6.49. The van der Waals surface area contributed by atoms with E-state index in [1.807, 2.05) is 24.3 Å². The summed E-state index contributed by atoms with van der Waals surface area (Å²) in [5.41, 5.74) is 2.43. The highest BCUT2D eigenvalue weighted by Gasteiger charge is 2.09. The third-order valence-electron chi connectivity index (χ3n) is 3.80. The second-order valence-electron chi connectivity index (χ2n) is 5.87. The van der Waals surface area contributed by atoms with E-state index in [0.29, 0.717) is 34.3 Å². The van der Waals surface area contributed by atoms with Gasteiger partial charge in [0.1, 0.15) is 0 Å². The standard InChI is InChI=1S/C20H17ClN4O2/c1-13(26)15-3-2-4-18(9-15)25-19(27)16-11-23-20(24-12-16)22-10-14-5-7-17(21)8-6-14/h2-9,11-12H,10H2,1H3,(H,25,27)(H,22,23,24). The minimum absolute atomic E-state index is 0.0643. The highest BCUT2D eigenvalue weighted by Crippen LogP contribution is 2.13. The lowest BCUT2D eigenvalue weighted by Gasteiger charge is -2.08. The lowest BCUT2D eigenvalue weighted by atomic mass is 10.1. The maximum Gasteiger partial charge on any atom is 0.258 e. The Balaban J connectivity index is 1.60. The molecule has 0 saturated heterocycles. The van der Waals surface area contributed by atoms with Crippen molar-refractivity contribution in [2.75, 3.05) is 10.6 Å². The predicted octanol–water partition coefficient (Wildman–Crippen LogP) is 4.20. The van der Waals surface area contributed by atoms with Crippen LogP contribution in [0.25, 0.3) is 0 Å². The lowest BCUT2D eigenvalue weighted by Crippen LogP contribution is -2.13. The van der Waals surface area contributed by atoms with Gasteiger partial charge in [0.15, 0.2) is 5.78 Å². The van der Waals surface area contributed by atoms with Crippen LogP contribution < -0.4 is 10.6 Å². The summed E-state index contributed by atoms with van der Waals surface area (Å²) in [7, 11) is 0. The van der Waals surface area contributed by atoms with Gasteiger partial charge in [0.25, 0.3) is 5.91 Å². The zero-order valence-electron chi connectivity index (χ0n) is 14.6. The number of hydrogen-bond donors (Lipinski definition) is 2. The van der Waals surface area contributed by atoms with E-state index in [-0.39, 0.29) is 11.7 Å². The van der Waals surface area contributed by atoms with Crippen molar-refractivity contribution in [3.8, 4) is 0 Å². The van der Waals surface area contributed by atoms with E-state index in [1.54, 1.807) is 24.3 Å². The molecule has 0 unspecified atom stereocenters. The van der Waals surface area contributed by atoms with Gasteiger partial charge in [0.05, 0.1) is 5.56 Å². The van der Waals surface area contributed by atoms with Crippen LogP contribution >= 0.6 is 11.6 Å². The van der Waals surface area contributed by atoms with Crippen LogP contribution in [-0.4, -0.2) is 21.7 Å². The van der Waals surface area contributed by atoms with Gasteiger partial charge in [-0.15, -0.1) is 0 Å². The largest absolute Gasteiger partial charge is 0.350 e. The number of anilines is 2. The first-order chi connectivity index (χ1) is 13.0. The molecule has 0 atom stereocenters. The average molecular weight is 381 g/mol. The Bertz CT molecular complexity index is 956. The number of carbonyl (C=O) groups excluding carboxylic acids is 2. The van der Waals surface area contributed by atoms with E-state index in [4.69, 9.17) is 11.6 Å². The van der Waals surface area contributed by atoms with Gasteiger partial charge < -0.3 is 10.6 Å². The van der Waals surface area contributed by atoms with Gasteiger partial charge in [0, 0.05) is 35.2 Å². The van der Waals surface area contributed by atoms with Crippen LogP contribution in [0.1, 0.15) is 33.2 Å². The number of nitrogens with zero attached hydrogens (tertiary/aromatic N) is 2. The monoisotopic (exact) mass is 380 g/mol. The number of amides is 1. The van der Waals surface area contributed by atoms with Crippen molar-refractivity contribution in [2.45, 2.75) is 13.5 Å². The van der Waals surface area contributed by atoms with Crippen molar-refractivity contribution < 1.29 is 9.59 Å². The zero-order valence-corrected chi connectivity index (χ0v) is 15.3. The molecule has 7 heteroatoms. The predicted molar refractivity (Wildman–Crippen MR) is 105 cm³/mol. The Morgan fingerprint density at radius 1 is 1.00 bits per heavy atom. The number of halogens is 1. The van der Waals surface area contributed by atoms with Gasteiger partial charge >= 0.3 is 0 Å². The van der Waals surface area contributed by atoms with E-state index in [1.165, 1.54) is 19.3 Å². The Labute approximate surface area is 161 Å². The van der Waals surface area contributed by atoms with Gasteiger partial charge in [0.2, 0.25) is 5.95 Å². The molecular formula is C20H17ClN4O2. The maximum atomic E-state index is 12.3. The molecule has 0 radical (unpaired) electrons. The number of rotatable bonds is 6. The molecule has 2 aromatic carbocycles. The Hall–Kier alpha value is -3.25. The maximum absolute atomic E-state index is 12.3. The third kappa shape index (κ3) is 5.12. The number of hydrogen-bond acceptors (Lipinski definition) is 5. The van der Waals surface area contributed by atoms with Gasteiger partial charge in [-0.2, -0.15) is 0 Å². The number of benzene rings is 2. The van der Waals surface area contributed by atoms with E-state index < -0.39 is 0 Å². The van der Waals surface area contributed by atoms with Crippen LogP contribution in [0.5, 0.6) is 0 Å². The van der Waals surface area contributed by atoms with Crippen LogP contribution in [-0.2, 0) is 6.54 Å². The van der Waals surface area contributed by atoms with Crippen molar-refractivity contribution in [1.29, 1.82) is 0 Å². The van der Waals surface area contributed by atoms with Crippen molar-refractivity contribution in [1.82, 2.24) is 9.97 Å². The molecule has 0 fully saturated rings. The number of nitrogens with one attached hydrogen (secondary N) is 2. The molecule has 0 spiro atoms. The molecule has 27 heavy (non-hydrogen) atoms. The van der Waals surface area contributed by atoms with Crippen molar-refractivity contribution in [3.05, 3.63) is 82.6 Å². The zero-order chi connectivity index (χ0) is 19.2. The molecule has 1 aromatic heterocycles. The van der Waals surface area contributed by atoms with Crippen molar-refractivity contribution in [3.63, 3.8) is 0 Å². The van der Waals surface area contributed by atoms with E-state index >= 15 is 0 Å². The fraction of sp³-hybridized carbons (Fsp3) is 0.100. The topological polar surface area (TPSA) is 84.0 Å². The number of Topliss-reactive ketones (excluding diaryl/α,β-unsaturated/α-hetero) is 1. The van der Waals surface area contributed by atoms with E-state index in [2.05, 4.69) is 20.6 Å². The van der Waals surface area contributed by atoms with Crippen LogP contribution in [0.4, 0.5) is 11.6 Å². The summed E-state index contributed by atoms with van der Waals surface area (Å²) < 4.78 is 0. The molecule has 0 aliphatic heterocycles. The Morgan fingerprint density at radius 3 is 2.37 bits per heavy atom. The molecule has 1 amide bonds. The average Bonchev–Trinajstić information content (AvgIpc) is 2.68. The normalized spacial score (nSPS) is 10.3. The molecule has 0 aliphatic carbocycles. The SMILES string of the molecule is CC(=O)c1cccc(NC(=O)c2cnc(NCc3ccc(Cl)cc3)nc2)c1. The third-order valence-corrected chi connectivity index (χ3v) is 4.06. The van der Waals surface area contributed by atoms with Crippen LogP contribution in [0.15, 0.2) is 60.9 Å². The molecule has 136 valence electrons. The molecular weight excluding hydrogens is 364 g/mol. The van der Waals surface area contributed by atoms with Crippen LogP contribution in [0.3, 0.4) is 0 Å². The summed E-state index contributed by atoms with van der Waals surface area (Å²) in [5.74, 6) is 0.00516. The summed E-state index contributed by atoms with van der Waals surface area (Å²) in [4.78, 5) is 32.0. The van der Waals surface area contributed by atoms with Crippen molar-refractivity contribution >= 4 is 34.9 Å². The Morgan fingerprint density at radius 2 is 1.70 bits per heavy atom. The second kappa shape index (κ2) is 8.42. The van der Waals surface area contributed by atoms with Crippen LogP contribution in [0.2, 0.25) is 5.02 Å². The van der Waals surface area contributed by atoms with Gasteiger partial charge in [-0.05, 0) is 36.8 Å². The fourth-order valence-corrected chi connectivity index (χ4v) is 2.47. The number of ketones is 1. The smallest absolute Gasteiger partial charge is 0.258 e. The van der Waals surface area contributed by atoms with Gasteiger partial charge in [-0.3, -0.25) is 9.59 Å².